The second-order valence-corrected chi connectivity index (χ2v) is 5.48. The quantitative estimate of drug-likeness (QED) is 0.866. The smallest absolute Gasteiger partial charge is 0.126 e. The number of benzene rings is 1. The van der Waals surface area contributed by atoms with Crippen molar-refractivity contribution in [3.05, 3.63) is 34.6 Å². The first-order valence-corrected chi connectivity index (χ1v) is 6.36. The van der Waals surface area contributed by atoms with E-state index in [1.54, 1.807) is 17.8 Å². The van der Waals surface area contributed by atoms with Gasteiger partial charge < -0.3 is 5.11 Å². The molecule has 1 fully saturated rings. The average molecular weight is 247 g/mol. The average Bonchev–Trinajstić information content (AvgIpc) is 2.59. The van der Waals surface area contributed by atoms with Crippen molar-refractivity contribution in [2.24, 2.45) is 0 Å². The van der Waals surface area contributed by atoms with Gasteiger partial charge in [0, 0.05) is 17.2 Å². The van der Waals surface area contributed by atoms with Gasteiger partial charge in [0.05, 0.1) is 5.60 Å². The molecule has 0 amide bonds. The van der Waals surface area contributed by atoms with E-state index in [0.717, 1.165) is 12.2 Å². The number of thioether (sulfide) groups is 1. The van der Waals surface area contributed by atoms with Crippen LogP contribution in [0.25, 0.3) is 0 Å². The molecule has 1 heterocycles. The number of aliphatic hydroxyl groups is 1. The SMILES string of the molecule is OC1(Cc2cc(Cl)ccc2F)CCSC1. The number of halogens is 2. The zero-order chi connectivity index (χ0) is 10.9. The van der Waals surface area contributed by atoms with E-state index in [9.17, 15) is 9.50 Å². The molecule has 0 aliphatic carbocycles. The molecule has 0 bridgehead atoms. The van der Waals surface area contributed by atoms with Gasteiger partial charge in [0.2, 0.25) is 0 Å². The molecule has 1 aromatic carbocycles. The van der Waals surface area contributed by atoms with Crippen LogP contribution in [0.5, 0.6) is 0 Å². The molecule has 1 aliphatic heterocycles. The Kier molecular flexibility index (Phi) is 3.24. The van der Waals surface area contributed by atoms with Gasteiger partial charge in [-0.2, -0.15) is 11.8 Å². The Morgan fingerprint density at radius 2 is 2.33 bits per heavy atom. The van der Waals surface area contributed by atoms with Crippen LogP contribution in [0.2, 0.25) is 5.02 Å². The molecule has 1 unspecified atom stereocenters. The molecule has 0 spiro atoms. The molecular weight excluding hydrogens is 235 g/mol. The van der Waals surface area contributed by atoms with Crippen LogP contribution in [0.1, 0.15) is 12.0 Å². The van der Waals surface area contributed by atoms with Crippen molar-refractivity contribution in [1.29, 1.82) is 0 Å². The molecule has 4 heteroatoms. The van der Waals surface area contributed by atoms with E-state index >= 15 is 0 Å². The van der Waals surface area contributed by atoms with Crippen molar-refractivity contribution in [2.75, 3.05) is 11.5 Å². The monoisotopic (exact) mass is 246 g/mol. The molecule has 1 nitrogen and oxygen atoms in total. The van der Waals surface area contributed by atoms with Crippen LogP contribution in [-0.2, 0) is 6.42 Å². The normalized spacial score (nSPS) is 25.8. The van der Waals surface area contributed by atoms with Crippen molar-refractivity contribution >= 4 is 23.4 Å². The fourth-order valence-electron chi connectivity index (χ4n) is 1.77. The summed E-state index contributed by atoms with van der Waals surface area (Å²) in [6.07, 6.45) is 1.08. The molecule has 1 aliphatic rings. The minimum Gasteiger partial charge on any atom is -0.389 e. The van der Waals surface area contributed by atoms with Crippen molar-refractivity contribution in [1.82, 2.24) is 0 Å². The van der Waals surface area contributed by atoms with E-state index < -0.39 is 5.60 Å². The van der Waals surface area contributed by atoms with Gasteiger partial charge in [0.15, 0.2) is 0 Å². The third kappa shape index (κ3) is 2.65. The van der Waals surface area contributed by atoms with Gasteiger partial charge >= 0.3 is 0 Å². The number of hydrogen-bond acceptors (Lipinski definition) is 2. The third-order valence-electron chi connectivity index (χ3n) is 2.61. The molecule has 1 atom stereocenters. The van der Waals surface area contributed by atoms with Crippen LogP contribution in [0, 0.1) is 5.82 Å². The van der Waals surface area contributed by atoms with Crippen LogP contribution < -0.4 is 0 Å². The molecule has 0 saturated carbocycles. The summed E-state index contributed by atoms with van der Waals surface area (Å²) in [6, 6.07) is 4.47. The highest BCUT2D eigenvalue weighted by Crippen LogP contribution is 2.32. The van der Waals surface area contributed by atoms with Crippen molar-refractivity contribution in [2.45, 2.75) is 18.4 Å². The van der Waals surface area contributed by atoms with Crippen LogP contribution >= 0.6 is 23.4 Å². The lowest BCUT2D eigenvalue weighted by Gasteiger charge is -2.21. The summed E-state index contributed by atoms with van der Waals surface area (Å²) >= 11 is 7.50. The summed E-state index contributed by atoms with van der Waals surface area (Å²) in [5.41, 5.74) is -0.247. The highest BCUT2D eigenvalue weighted by atomic mass is 35.5. The van der Waals surface area contributed by atoms with Gasteiger partial charge in [-0.05, 0) is 35.9 Å². The van der Waals surface area contributed by atoms with Gasteiger partial charge in [-0.15, -0.1) is 0 Å². The largest absolute Gasteiger partial charge is 0.389 e. The Hall–Kier alpha value is -0.250. The van der Waals surface area contributed by atoms with E-state index in [-0.39, 0.29) is 5.82 Å². The predicted octanol–water partition coefficient (Wildman–Crippen LogP) is 2.89. The van der Waals surface area contributed by atoms with E-state index in [2.05, 4.69) is 0 Å². The van der Waals surface area contributed by atoms with Gasteiger partial charge in [-0.25, -0.2) is 4.39 Å². The van der Waals surface area contributed by atoms with E-state index in [1.807, 2.05) is 0 Å². The number of hydrogen-bond donors (Lipinski definition) is 1. The predicted molar refractivity (Wildman–Crippen MR) is 62.0 cm³/mol. The summed E-state index contributed by atoms with van der Waals surface area (Å²) < 4.78 is 13.4. The fourth-order valence-corrected chi connectivity index (χ4v) is 3.26. The van der Waals surface area contributed by atoms with Crippen molar-refractivity contribution < 1.29 is 9.50 Å². The van der Waals surface area contributed by atoms with E-state index in [0.29, 0.717) is 22.8 Å². The van der Waals surface area contributed by atoms with Gasteiger partial charge in [-0.1, -0.05) is 11.6 Å². The van der Waals surface area contributed by atoms with Gasteiger partial charge in [0.1, 0.15) is 5.82 Å². The van der Waals surface area contributed by atoms with Crippen molar-refractivity contribution in [3.8, 4) is 0 Å². The minimum absolute atomic E-state index is 0.287. The third-order valence-corrected chi connectivity index (χ3v) is 4.08. The molecule has 2 rings (SSSR count). The lowest BCUT2D eigenvalue weighted by Crippen LogP contribution is -2.31. The molecular formula is C11H12ClFOS. The Morgan fingerprint density at radius 1 is 1.53 bits per heavy atom. The van der Waals surface area contributed by atoms with Crippen LogP contribution in [0.3, 0.4) is 0 Å². The summed E-state index contributed by atoms with van der Waals surface area (Å²) in [5, 5.41) is 10.6. The van der Waals surface area contributed by atoms with Crippen molar-refractivity contribution in [3.63, 3.8) is 0 Å². The van der Waals surface area contributed by atoms with Gasteiger partial charge in [-0.3, -0.25) is 0 Å². The summed E-state index contributed by atoms with van der Waals surface area (Å²) in [5.74, 6) is 1.34. The Balaban J connectivity index is 2.19. The summed E-state index contributed by atoms with van der Waals surface area (Å²) in [7, 11) is 0. The molecule has 0 radical (unpaired) electrons. The second kappa shape index (κ2) is 4.32. The topological polar surface area (TPSA) is 20.2 Å². The summed E-state index contributed by atoms with van der Waals surface area (Å²) in [6.45, 7) is 0. The maximum absolute atomic E-state index is 13.4. The van der Waals surface area contributed by atoms with Crippen LogP contribution in [-0.4, -0.2) is 22.2 Å². The minimum atomic E-state index is -0.754. The van der Waals surface area contributed by atoms with E-state index in [1.165, 1.54) is 12.1 Å². The molecule has 1 N–H and O–H groups in total. The Morgan fingerprint density at radius 3 is 3.00 bits per heavy atom. The molecule has 82 valence electrons. The van der Waals surface area contributed by atoms with Gasteiger partial charge in [0.25, 0.3) is 0 Å². The summed E-state index contributed by atoms with van der Waals surface area (Å²) in [4.78, 5) is 0. The number of rotatable bonds is 2. The first-order valence-electron chi connectivity index (χ1n) is 4.83. The molecule has 0 aromatic heterocycles. The Labute approximate surface area is 97.6 Å². The zero-order valence-corrected chi connectivity index (χ0v) is 9.74. The van der Waals surface area contributed by atoms with Crippen LogP contribution in [0.15, 0.2) is 18.2 Å². The first-order chi connectivity index (χ1) is 7.09. The highest BCUT2D eigenvalue weighted by molar-refractivity contribution is 7.99. The second-order valence-electron chi connectivity index (χ2n) is 3.94. The Bertz CT molecular complexity index is 364. The highest BCUT2D eigenvalue weighted by Gasteiger charge is 2.32. The molecule has 1 saturated heterocycles. The maximum atomic E-state index is 13.4. The van der Waals surface area contributed by atoms with E-state index in [4.69, 9.17) is 11.6 Å². The standard InChI is InChI=1S/C11H12ClFOS/c12-9-1-2-10(13)8(5-9)6-11(14)3-4-15-7-11/h1-2,5,14H,3-4,6-7H2. The maximum Gasteiger partial charge on any atom is 0.126 e. The van der Waals surface area contributed by atoms with Crippen LogP contribution in [0.4, 0.5) is 4.39 Å². The fraction of sp³-hybridized carbons (Fsp3) is 0.455. The first kappa shape index (κ1) is 11.2. The zero-order valence-electron chi connectivity index (χ0n) is 8.17. The lowest BCUT2D eigenvalue weighted by atomic mass is 9.94. The lowest BCUT2D eigenvalue weighted by molar-refractivity contribution is 0.0677. The molecule has 15 heavy (non-hydrogen) atoms. The molecule has 1 aromatic rings.